The predicted octanol–water partition coefficient (Wildman–Crippen LogP) is 8.63. The van der Waals surface area contributed by atoms with Crippen molar-refractivity contribution in [3.05, 3.63) is 29.8 Å². The lowest BCUT2D eigenvalue weighted by molar-refractivity contribution is 0.302. The highest BCUT2D eigenvalue weighted by atomic mass is 14.5. The minimum Gasteiger partial charge on any atom is -0.399 e. The molecule has 1 aliphatic rings. The number of unbranched alkanes of at least 4 members (excludes halogenated alkanes) is 11. The average Bonchev–Trinajstić information content (AvgIpc) is 2.70. The fraction of sp³-hybridized carbons (Fsp3) is 0.769. The Balaban J connectivity index is 1.40. The molecule has 0 spiro atoms. The van der Waals surface area contributed by atoms with E-state index in [4.69, 9.17) is 5.73 Å². The fourth-order valence-electron chi connectivity index (χ4n) is 4.83. The Bertz CT molecular complexity index is 456. The average molecular weight is 372 g/mol. The van der Waals surface area contributed by atoms with Crippen molar-refractivity contribution in [3.63, 3.8) is 0 Å². The lowest BCUT2D eigenvalue weighted by Crippen LogP contribution is -2.13. The van der Waals surface area contributed by atoms with Crippen molar-refractivity contribution >= 4 is 5.69 Å². The van der Waals surface area contributed by atoms with Crippen LogP contribution in [0.3, 0.4) is 0 Å². The van der Waals surface area contributed by atoms with Crippen molar-refractivity contribution in [2.24, 2.45) is 5.92 Å². The smallest absolute Gasteiger partial charge is 0.0314 e. The van der Waals surface area contributed by atoms with Crippen LogP contribution in [-0.2, 0) is 0 Å². The lowest BCUT2D eigenvalue weighted by Gasteiger charge is -2.29. The van der Waals surface area contributed by atoms with E-state index in [1.165, 1.54) is 115 Å². The largest absolute Gasteiger partial charge is 0.399 e. The van der Waals surface area contributed by atoms with Crippen molar-refractivity contribution in [1.82, 2.24) is 0 Å². The van der Waals surface area contributed by atoms with Crippen LogP contribution in [0.5, 0.6) is 0 Å². The van der Waals surface area contributed by atoms with Gasteiger partial charge in [-0.05, 0) is 55.2 Å². The molecule has 0 saturated heterocycles. The van der Waals surface area contributed by atoms with E-state index in [2.05, 4.69) is 31.2 Å². The summed E-state index contributed by atoms with van der Waals surface area (Å²) in [7, 11) is 0. The molecular formula is C26H45N. The molecule has 2 N–H and O–H groups in total. The number of hydrogen-bond acceptors (Lipinski definition) is 1. The van der Waals surface area contributed by atoms with Crippen molar-refractivity contribution in [2.45, 2.75) is 122 Å². The summed E-state index contributed by atoms with van der Waals surface area (Å²) in [4.78, 5) is 0. The van der Waals surface area contributed by atoms with E-state index in [0.29, 0.717) is 0 Å². The van der Waals surface area contributed by atoms with Gasteiger partial charge in [-0.3, -0.25) is 0 Å². The second kappa shape index (κ2) is 14.1. The molecule has 1 aliphatic carbocycles. The van der Waals surface area contributed by atoms with E-state index < -0.39 is 0 Å². The molecule has 0 atom stereocenters. The van der Waals surface area contributed by atoms with Crippen LogP contribution >= 0.6 is 0 Å². The molecule has 0 amide bonds. The molecule has 1 fully saturated rings. The first-order chi connectivity index (χ1) is 13.3. The van der Waals surface area contributed by atoms with Gasteiger partial charge in [0.1, 0.15) is 0 Å². The van der Waals surface area contributed by atoms with Gasteiger partial charge >= 0.3 is 0 Å². The van der Waals surface area contributed by atoms with E-state index >= 15 is 0 Å². The molecule has 0 unspecified atom stereocenters. The third-order valence-electron chi connectivity index (χ3n) is 6.72. The Morgan fingerprint density at radius 1 is 0.667 bits per heavy atom. The molecule has 0 bridgehead atoms. The second-order valence-corrected chi connectivity index (χ2v) is 9.06. The summed E-state index contributed by atoms with van der Waals surface area (Å²) in [5.74, 6) is 1.78. The Hall–Kier alpha value is -0.980. The van der Waals surface area contributed by atoms with Gasteiger partial charge in [0.25, 0.3) is 0 Å². The summed E-state index contributed by atoms with van der Waals surface area (Å²) in [5.41, 5.74) is 8.21. The zero-order valence-electron chi connectivity index (χ0n) is 18.1. The molecule has 1 nitrogen and oxygen atoms in total. The zero-order chi connectivity index (χ0) is 19.2. The van der Waals surface area contributed by atoms with E-state index in [1.807, 2.05) is 0 Å². The molecule has 1 heteroatoms. The van der Waals surface area contributed by atoms with Crippen molar-refractivity contribution in [1.29, 1.82) is 0 Å². The Morgan fingerprint density at radius 3 is 1.67 bits per heavy atom. The van der Waals surface area contributed by atoms with Crippen molar-refractivity contribution in [2.75, 3.05) is 5.73 Å². The summed E-state index contributed by atoms with van der Waals surface area (Å²) in [6.07, 6.45) is 24.6. The lowest BCUT2D eigenvalue weighted by atomic mass is 9.77. The number of nitrogen functional groups attached to an aromatic ring is 1. The molecule has 1 aromatic carbocycles. The predicted molar refractivity (Wildman–Crippen MR) is 121 cm³/mol. The van der Waals surface area contributed by atoms with Gasteiger partial charge in [-0.15, -0.1) is 0 Å². The Kier molecular flexibility index (Phi) is 11.6. The maximum absolute atomic E-state index is 5.81. The molecule has 0 heterocycles. The van der Waals surface area contributed by atoms with Crippen LogP contribution in [0.2, 0.25) is 0 Å². The summed E-state index contributed by atoms with van der Waals surface area (Å²) in [6.45, 7) is 2.30. The van der Waals surface area contributed by atoms with Crippen LogP contribution in [0.15, 0.2) is 24.3 Å². The Morgan fingerprint density at radius 2 is 1.15 bits per heavy atom. The number of hydrogen-bond donors (Lipinski definition) is 1. The first-order valence-corrected chi connectivity index (χ1v) is 12.1. The van der Waals surface area contributed by atoms with Crippen LogP contribution in [-0.4, -0.2) is 0 Å². The minimum atomic E-state index is 0.781. The van der Waals surface area contributed by atoms with Gasteiger partial charge in [-0.1, -0.05) is 103 Å². The van der Waals surface area contributed by atoms with E-state index in [1.54, 1.807) is 0 Å². The number of rotatable bonds is 14. The van der Waals surface area contributed by atoms with E-state index in [9.17, 15) is 0 Å². The minimum absolute atomic E-state index is 0.781. The summed E-state index contributed by atoms with van der Waals surface area (Å²) >= 11 is 0. The first kappa shape index (κ1) is 22.3. The van der Waals surface area contributed by atoms with Crippen molar-refractivity contribution in [3.8, 4) is 0 Å². The van der Waals surface area contributed by atoms with Crippen LogP contribution in [0.1, 0.15) is 128 Å². The highest BCUT2D eigenvalue weighted by Gasteiger charge is 2.21. The number of benzene rings is 1. The normalized spacial score (nSPS) is 20.0. The summed E-state index contributed by atoms with van der Waals surface area (Å²) in [6, 6.07) is 8.61. The van der Waals surface area contributed by atoms with Gasteiger partial charge in [-0.2, -0.15) is 0 Å². The number of anilines is 1. The van der Waals surface area contributed by atoms with E-state index in [-0.39, 0.29) is 0 Å². The van der Waals surface area contributed by atoms with Gasteiger partial charge in [0.15, 0.2) is 0 Å². The maximum Gasteiger partial charge on any atom is 0.0314 e. The maximum atomic E-state index is 5.81. The molecule has 154 valence electrons. The monoisotopic (exact) mass is 371 g/mol. The quantitative estimate of drug-likeness (QED) is 0.257. The number of nitrogens with two attached hydrogens (primary N) is 1. The molecule has 27 heavy (non-hydrogen) atoms. The zero-order valence-corrected chi connectivity index (χ0v) is 18.1. The second-order valence-electron chi connectivity index (χ2n) is 9.06. The molecule has 0 radical (unpaired) electrons. The van der Waals surface area contributed by atoms with Gasteiger partial charge in [0.05, 0.1) is 0 Å². The summed E-state index contributed by atoms with van der Waals surface area (Å²) in [5, 5.41) is 0. The molecule has 1 saturated carbocycles. The van der Waals surface area contributed by atoms with Gasteiger partial charge in [0, 0.05) is 5.69 Å². The van der Waals surface area contributed by atoms with Gasteiger partial charge < -0.3 is 5.73 Å². The first-order valence-electron chi connectivity index (χ1n) is 12.1. The third kappa shape index (κ3) is 9.67. The SMILES string of the molecule is CCCCCCCCCCCCCCC1CCC(c2ccc(N)cc2)CC1. The highest BCUT2D eigenvalue weighted by Crippen LogP contribution is 2.37. The molecular weight excluding hydrogens is 326 g/mol. The standard InChI is InChI=1S/C26H45N/c1-2-3-4-5-6-7-8-9-10-11-12-13-14-23-15-17-24(18-16-23)25-19-21-26(27)22-20-25/h19-24H,2-18,27H2,1H3. The van der Waals surface area contributed by atoms with Crippen LogP contribution < -0.4 is 5.73 Å². The molecule has 0 aliphatic heterocycles. The molecule has 1 aromatic rings. The molecule has 2 rings (SSSR count). The molecule has 0 aromatic heterocycles. The Labute approximate surface area is 169 Å². The topological polar surface area (TPSA) is 26.0 Å². The van der Waals surface area contributed by atoms with Crippen LogP contribution in [0.4, 0.5) is 5.69 Å². The van der Waals surface area contributed by atoms with Gasteiger partial charge in [-0.25, -0.2) is 0 Å². The third-order valence-corrected chi connectivity index (χ3v) is 6.72. The highest BCUT2D eigenvalue weighted by molar-refractivity contribution is 5.40. The van der Waals surface area contributed by atoms with Crippen molar-refractivity contribution < 1.29 is 0 Å². The van der Waals surface area contributed by atoms with E-state index in [0.717, 1.165) is 17.5 Å². The fourth-order valence-corrected chi connectivity index (χ4v) is 4.83. The van der Waals surface area contributed by atoms with Crippen LogP contribution in [0.25, 0.3) is 0 Å². The summed E-state index contributed by atoms with van der Waals surface area (Å²) < 4.78 is 0. The van der Waals surface area contributed by atoms with Crippen LogP contribution in [0, 0.1) is 5.92 Å². The van der Waals surface area contributed by atoms with Gasteiger partial charge in [0.2, 0.25) is 0 Å².